The SMILES string of the molecule is CCCCCCCCCCCCCCCCCC(=O)[O-].CCCCCCCCCCCCCCCCCC(=O)[O-].[Sn+2]. The third kappa shape index (κ3) is 49.7. The van der Waals surface area contributed by atoms with Gasteiger partial charge in [0, 0.05) is 11.9 Å². The van der Waals surface area contributed by atoms with Gasteiger partial charge in [-0.15, -0.1) is 0 Å². The average molecular weight is 686 g/mol. The first-order valence-corrected chi connectivity index (χ1v) is 17.9. The van der Waals surface area contributed by atoms with E-state index in [1.54, 1.807) is 0 Å². The zero-order valence-electron chi connectivity index (χ0n) is 27.8. The minimum atomic E-state index is -0.903. The Morgan fingerprint density at radius 1 is 0.317 bits per heavy atom. The molecule has 0 unspecified atom stereocenters. The van der Waals surface area contributed by atoms with Crippen LogP contribution in [0.4, 0.5) is 0 Å². The Balaban J connectivity index is -0.000000688. The normalized spacial score (nSPS) is 10.6. The number of carbonyl (C=O) groups is 2. The molecule has 0 aliphatic heterocycles. The molecule has 0 bridgehead atoms. The van der Waals surface area contributed by atoms with Crippen LogP contribution in [-0.4, -0.2) is 35.8 Å². The van der Waals surface area contributed by atoms with E-state index in [-0.39, 0.29) is 36.7 Å². The van der Waals surface area contributed by atoms with Crippen LogP contribution in [0.1, 0.15) is 219 Å². The van der Waals surface area contributed by atoms with E-state index in [1.165, 1.54) is 167 Å². The molecule has 0 fully saturated rings. The van der Waals surface area contributed by atoms with Crippen LogP contribution < -0.4 is 10.2 Å². The van der Waals surface area contributed by atoms with Gasteiger partial charge in [-0.25, -0.2) is 0 Å². The third-order valence-corrected chi connectivity index (χ3v) is 7.97. The van der Waals surface area contributed by atoms with E-state index in [0.717, 1.165) is 25.7 Å². The first-order valence-electron chi connectivity index (χ1n) is 17.9. The molecule has 0 aromatic heterocycles. The van der Waals surface area contributed by atoms with E-state index in [1.807, 2.05) is 0 Å². The second kappa shape index (κ2) is 41.9. The zero-order chi connectivity index (χ0) is 29.8. The van der Waals surface area contributed by atoms with Gasteiger partial charge < -0.3 is 19.8 Å². The van der Waals surface area contributed by atoms with Crippen LogP contribution in [0.15, 0.2) is 0 Å². The summed E-state index contributed by atoms with van der Waals surface area (Å²) in [5.74, 6) is -1.81. The monoisotopic (exact) mass is 686 g/mol. The van der Waals surface area contributed by atoms with Gasteiger partial charge in [0.15, 0.2) is 0 Å². The van der Waals surface area contributed by atoms with E-state index in [4.69, 9.17) is 0 Å². The summed E-state index contributed by atoms with van der Waals surface area (Å²) in [5.41, 5.74) is 0. The number of carboxylic acids is 2. The minimum absolute atomic E-state index is 0. The molecule has 0 amide bonds. The Kier molecular flexibility index (Phi) is 46.1. The maximum atomic E-state index is 10.2. The molecule has 0 spiro atoms. The number of hydrogen-bond donors (Lipinski definition) is 0. The fraction of sp³-hybridized carbons (Fsp3) is 0.944. The number of aliphatic carboxylic acids is 2. The molecule has 4 nitrogen and oxygen atoms in total. The molecule has 0 rings (SSSR count). The van der Waals surface area contributed by atoms with E-state index in [0.29, 0.717) is 0 Å². The van der Waals surface area contributed by atoms with E-state index >= 15 is 0 Å². The summed E-state index contributed by atoms with van der Waals surface area (Å²) in [6.45, 7) is 4.53. The quantitative estimate of drug-likeness (QED) is 0.0522. The van der Waals surface area contributed by atoms with Crippen molar-refractivity contribution in [2.75, 3.05) is 0 Å². The Bertz CT molecular complexity index is 454. The largest absolute Gasteiger partial charge is 2.00 e. The number of carbonyl (C=O) groups excluding carboxylic acids is 2. The van der Waals surface area contributed by atoms with Crippen molar-refractivity contribution in [1.82, 2.24) is 0 Å². The summed E-state index contributed by atoms with van der Waals surface area (Å²) in [7, 11) is 0. The Morgan fingerprint density at radius 2 is 0.463 bits per heavy atom. The van der Waals surface area contributed by atoms with Gasteiger partial charge in [0.25, 0.3) is 0 Å². The summed E-state index contributed by atoms with van der Waals surface area (Å²) in [6.07, 6.45) is 39.7. The molecule has 41 heavy (non-hydrogen) atoms. The summed E-state index contributed by atoms with van der Waals surface area (Å²) in [4.78, 5) is 20.4. The van der Waals surface area contributed by atoms with Crippen LogP contribution in [0.25, 0.3) is 0 Å². The standard InChI is InChI=1S/2C18H36O2.Sn/c2*1-2-3-4-5-6-7-8-9-10-11-12-13-14-15-16-17-18(19)20;/h2*2-17H2,1H3,(H,19,20);/q;;+2/p-2. The second-order valence-electron chi connectivity index (χ2n) is 12.1. The van der Waals surface area contributed by atoms with Crippen molar-refractivity contribution in [2.45, 2.75) is 219 Å². The molecule has 0 saturated heterocycles. The average Bonchev–Trinajstić information content (AvgIpc) is 2.93. The molecule has 0 heterocycles. The maximum Gasteiger partial charge on any atom is 2.00 e. The van der Waals surface area contributed by atoms with Crippen LogP contribution in [0, 0.1) is 0 Å². The second-order valence-corrected chi connectivity index (χ2v) is 12.1. The molecule has 0 saturated carbocycles. The van der Waals surface area contributed by atoms with Crippen LogP contribution in [-0.2, 0) is 9.59 Å². The van der Waals surface area contributed by atoms with Crippen LogP contribution in [0.2, 0.25) is 0 Å². The molecular formula is C36H70O4Sn. The topological polar surface area (TPSA) is 80.3 Å². The van der Waals surface area contributed by atoms with E-state index in [2.05, 4.69) is 13.8 Å². The Labute approximate surface area is 274 Å². The summed E-state index contributed by atoms with van der Waals surface area (Å²) < 4.78 is 0. The number of carboxylic acid groups (broad SMARTS) is 2. The van der Waals surface area contributed by atoms with Gasteiger partial charge >= 0.3 is 23.9 Å². The van der Waals surface area contributed by atoms with Crippen LogP contribution in [0.5, 0.6) is 0 Å². The molecule has 0 aliphatic rings. The van der Waals surface area contributed by atoms with Crippen molar-refractivity contribution in [2.24, 2.45) is 0 Å². The molecule has 5 heteroatoms. The fourth-order valence-corrected chi connectivity index (χ4v) is 5.28. The van der Waals surface area contributed by atoms with Crippen molar-refractivity contribution in [1.29, 1.82) is 0 Å². The van der Waals surface area contributed by atoms with Crippen molar-refractivity contribution in [3.8, 4) is 0 Å². The van der Waals surface area contributed by atoms with Gasteiger partial charge in [0.05, 0.1) is 0 Å². The molecule has 2 radical (unpaired) electrons. The predicted octanol–water partition coefficient (Wildman–Crippen LogP) is 9.61. The van der Waals surface area contributed by atoms with Gasteiger partial charge in [-0.2, -0.15) is 0 Å². The van der Waals surface area contributed by atoms with Crippen LogP contribution in [0.3, 0.4) is 0 Å². The molecule has 0 aromatic rings. The number of hydrogen-bond acceptors (Lipinski definition) is 4. The van der Waals surface area contributed by atoms with Crippen molar-refractivity contribution < 1.29 is 19.8 Å². The van der Waals surface area contributed by atoms with Crippen LogP contribution >= 0.6 is 0 Å². The van der Waals surface area contributed by atoms with Gasteiger partial charge in [-0.05, 0) is 25.7 Å². The molecular weight excluding hydrogens is 615 g/mol. The Morgan fingerprint density at radius 3 is 0.610 bits per heavy atom. The fourth-order valence-electron chi connectivity index (χ4n) is 5.28. The van der Waals surface area contributed by atoms with Crippen molar-refractivity contribution >= 4 is 35.8 Å². The van der Waals surface area contributed by atoms with Gasteiger partial charge in [0.1, 0.15) is 0 Å². The van der Waals surface area contributed by atoms with Crippen molar-refractivity contribution in [3.63, 3.8) is 0 Å². The molecule has 0 N–H and O–H groups in total. The third-order valence-electron chi connectivity index (χ3n) is 7.97. The summed E-state index contributed by atoms with van der Waals surface area (Å²) >= 11 is 0. The zero-order valence-corrected chi connectivity index (χ0v) is 30.6. The number of unbranched alkanes of at least 4 members (excludes halogenated alkanes) is 28. The van der Waals surface area contributed by atoms with E-state index < -0.39 is 11.9 Å². The molecule has 0 atom stereocenters. The smallest absolute Gasteiger partial charge is 0.550 e. The maximum absolute atomic E-state index is 10.2. The predicted molar refractivity (Wildman–Crippen MR) is 175 cm³/mol. The van der Waals surface area contributed by atoms with Crippen molar-refractivity contribution in [3.05, 3.63) is 0 Å². The van der Waals surface area contributed by atoms with Gasteiger partial charge in [-0.3, -0.25) is 0 Å². The Hall–Kier alpha value is -0.261. The minimum Gasteiger partial charge on any atom is -0.550 e. The van der Waals surface area contributed by atoms with Gasteiger partial charge in [-0.1, -0.05) is 194 Å². The molecule has 0 aliphatic carbocycles. The van der Waals surface area contributed by atoms with E-state index in [9.17, 15) is 19.8 Å². The number of rotatable bonds is 32. The van der Waals surface area contributed by atoms with Gasteiger partial charge in [0.2, 0.25) is 0 Å². The molecule has 242 valence electrons. The summed E-state index contributed by atoms with van der Waals surface area (Å²) in [5, 5.41) is 20.4. The molecule has 0 aromatic carbocycles. The summed E-state index contributed by atoms with van der Waals surface area (Å²) in [6, 6.07) is 0. The first-order chi connectivity index (χ1) is 19.5. The first kappa shape index (κ1) is 45.2.